The van der Waals surface area contributed by atoms with Gasteiger partial charge in [0, 0.05) is 12.4 Å². The molecule has 0 saturated heterocycles. The van der Waals surface area contributed by atoms with Crippen LogP contribution in [0, 0.1) is 11.3 Å². The quantitative estimate of drug-likeness (QED) is 0.358. The van der Waals surface area contributed by atoms with Crippen molar-refractivity contribution in [2.75, 3.05) is 18.5 Å². The highest BCUT2D eigenvalue weighted by Gasteiger charge is 2.25. The number of hydrogen-bond donors (Lipinski definition) is 2. The maximum atomic E-state index is 13.0. The van der Waals surface area contributed by atoms with Gasteiger partial charge in [0.1, 0.15) is 23.6 Å². The van der Waals surface area contributed by atoms with Crippen LogP contribution in [0.2, 0.25) is 5.02 Å². The predicted molar refractivity (Wildman–Crippen MR) is 126 cm³/mol. The van der Waals surface area contributed by atoms with Gasteiger partial charge in [0.05, 0.1) is 35.6 Å². The number of carbonyl (C=O) groups is 1. The Labute approximate surface area is 204 Å². The number of halogens is 1. The number of ether oxygens (including phenoxy) is 2. The van der Waals surface area contributed by atoms with Crippen molar-refractivity contribution in [3.05, 3.63) is 65.7 Å². The Bertz CT molecular complexity index is 1370. The number of para-hydroxylation sites is 1. The van der Waals surface area contributed by atoms with E-state index in [2.05, 4.69) is 25.4 Å². The average Bonchev–Trinajstić information content (AvgIpc) is 3.32. The smallest absolute Gasteiger partial charge is 0.269 e. The van der Waals surface area contributed by atoms with Crippen molar-refractivity contribution >= 4 is 34.4 Å². The van der Waals surface area contributed by atoms with Gasteiger partial charge in [-0.1, -0.05) is 23.7 Å². The number of pyridine rings is 1. The van der Waals surface area contributed by atoms with Crippen LogP contribution in [0.25, 0.3) is 16.7 Å². The average molecular weight is 494 g/mol. The van der Waals surface area contributed by atoms with E-state index in [1.54, 1.807) is 29.9 Å². The highest BCUT2D eigenvalue weighted by Crippen LogP contribution is 2.26. The first-order chi connectivity index (χ1) is 17.0. The number of amides is 1. The molecule has 0 saturated carbocycles. The number of nitrogens with zero attached hydrogens (tertiary/aromatic N) is 6. The molecule has 3 aromatic heterocycles. The van der Waals surface area contributed by atoms with Gasteiger partial charge in [-0.15, -0.1) is 5.10 Å². The fourth-order valence-electron chi connectivity index (χ4n) is 3.01. The van der Waals surface area contributed by atoms with E-state index in [9.17, 15) is 9.90 Å². The minimum absolute atomic E-state index is 0.112. The molecule has 0 bridgehead atoms. The second kappa shape index (κ2) is 10.9. The van der Waals surface area contributed by atoms with Crippen molar-refractivity contribution in [3.63, 3.8) is 0 Å². The lowest BCUT2D eigenvalue weighted by Gasteiger charge is -2.20. The molecule has 0 unspecified atom stereocenters. The molecule has 0 radical (unpaired) electrons. The number of aliphatic hydroxyl groups is 1. The van der Waals surface area contributed by atoms with Gasteiger partial charge in [-0.05, 0) is 31.2 Å². The Hall–Kier alpha value is -4.11. The Morgan fingerprint density at radius 3 is 2.80 bits per heavy atom. The normalized spacial score (nSPS) is 12.6. The predicted octanol–water partition coefficient (Wildman–Crippen LogP) is 2.52. The molecule has 4 rings (SSSR count). The van der Waals surface area contributed by atoms with Gasteiger partial charge in [-0.25, -0.2) is 19.6 Å². The van der Waals surface area contributed by atoms with Gasteiger partial charge in [-0.2, -0.15) is 5.26 Å². The van der Waals surface area contributed by atoms with Crippen LogP contribution in [0.15, 0.2) is 55.1 Å². The van der Waals surface area contributed by atoms with Crippen molar-refractivity contribution < 1.29 is 19.4 Å². The number of nitrogens with one attached hydrogen (secondary N) is 1. The first kappa shape index (κ1) is 24.0. The van der Waals surface area contributed by atoms with Crippen LogP contribution in [0.3, 0.4) is 0 Å². The number of rotatable bonds is 9. The van der Waals surface area contributed by atoms with Gasteiger partial charge < -0.3 is 19.9 Å². The zero-order valence-electron chi connectivity index (χ0n) is 18.5. The lowest BCUT2D eigenvalue weighted by atomic mass is 10.3. The zero-order valence-corrected chi connectivity index (χ0v) is 19.3. The summed E-state index contributed by atoms with van der Waals surface area (Å²) in [7, 11) is 0. The van der Waals surface area contributed by atoms with Gasteiger partial charge in [0.2, 0.25) is 12.0 Å². The number of carbonyl (C=O) groups excluding carboxylic acids is 1. The van der Waals surface area contributed by atoms with E-state index in [4.69, 9.17) is 26.3 Å². The summed E-state index contributed by atoms with van der Waals surface area (Å²) >= 11 is 6.29. The molecule has 12 heteroatoms. The number of nitriles is 1. The third kappa shape index (κ3) is 5.70. The van der Waals surface area contributed by atoms with Crippen molar-refractivity contribution in [2.45, 2.75) is 19.1 Å². The zero-order chi connectivity index (χ0) is 24.8. The van der Waals surface area contributed by atoms with Crippen LogP contribution in [-0.4, -0.2) is 61.2 Å². The molecule has 2 atom stereocenters. The maximum Gasteiger partial charge on any atom is 0.269 e. The molecule has 0 aliphatic rings. The first-order valence-corrected chi connectivity index (χ1v) is 10.9. The number of anilines is 1. The molecule has 2 N–H and O–H groups in total. The van der Waals surface area contributed by atoms with Gasteiger partial charge in [0.15, 0.2) is 5.65 Å². The van der Waals surface area contributed by atoms with Crippen LogP contribution in [0.5, 0.6) is 5.88 Å². The van der Waals surface area contributed by atoms with E-state index in [1.807, 2.05) is 18.2 Å². The van der Waals surface area contributed by atoms with E-state index in [0.717, 1.165) is 0 Å². The van der Waals surface area contributed by atoms with E-state index in [1.165, 1.54) is 24.7 Å². The Morgan fingerprint density at radius 1 is 1.26 bits per heavy atom. The Morgan fingerprint density at radius 2 is 2.09 bits per heavy atom. The Balaban J connectivity index is 1.61. The third-order valence-electron chi connectivity index (χ3n) is 4.86. The largest absolute Gasteiger partial charge is 0.461 e. The lowest BCUT2D eigenvalue weighted by Crippen LogP contribution is -2.38. The fraction of sp³-hybridized carbons (Fsp3) is 0.217. The van der Waals surface area contributed by atoms with Crippen molar-refractivity contribution in [1.29, 1.82) is 5.26 Å². The van der Waals surface area contributed by atoms with Crippen LogP contribution < -0.4 is 10.1 Å². The number of hydrogen-bond acceptors (Lipinski definition) is 9. The van der Waals surface area contributed by atoms with E-state index in [0.29, 0.717) is 27.3 Å². The summed E-state index contributed by atoms with van der Waals surface area (Å²) < 4.78 is 13.0. The summed E-state index contributed by atoms with van der Waals surface area (Å²) in [6.45, 7) is 1.26. The van der Waals surface area contributed by atoms with Crippen LogP contribution >= 0.6 is 11.6 Å². The SMILES string of the molecule is C[C@H](CO)OC[C@H](Oc1ncnc2nn(-c3ccccc3Cl)cc12)C(=O)Nc1ccc(C#N)cn1. The minimum Gasteiger partial charge on any atom is -0.461 e. The van der Waals surface area contributed by atoms with Crippen LogP contribution in [0.1, 0.15) is 12.5 Å². The van der Waals surface area contributed by atoms with Gasteiger partial charge in [-0.3, -0.25) is 4.79 Å². The number of aliphatic hydroxyl groups excluding tert-OH is 1. The second-order valence-electron chi connectivity index (χ2n) is 7.41. The summed E-state index contributed by atoms with van der Waals surface area (Å²) in [5.41, 5.74) is 1.33. The summed E-state index contributed by atoms with van der Waals surface area (Å²) in [4.78, 5) is 25.4. The minimum atomic E-state index is -1.15. The number of fused-ring (bicyclic) bond motifs is 1. The molecule has 4 aromatic rings. The van der Waals surface area contributed by atoms with E-state index >= 15 is 0 Å². The fourth-order valence-corrected chi connectivity index (χ4v) is 3.24. The molecule has 178 valence electrons. The van der Waals surface area contributed by atoms with E-state index in [-0.39, 0.29) is 24.9 Å². The first-order valence-electron chi connectivity index (χ1n) is 10.5. The maximum absolute atomic E-state index is 13.0. The molecule has 0 fully saturated rings. The van der Waals surface area contributed by atoms with Crippen LogP contribution in [0.4, 0.5) is 5.82 Å². The summed E-state index contributed by atoms with van der Waals surface area (Å²) in [6, 6.07) is 12.2. The third-order valence-corrected chi connectivity index (χ3v) is 5.18. The molecule has 0 aliphatic heterocycles. The molecule has 0 spiro atoms. The van der Waals surface area contributed by atoms with Gasteiger partial charge in [0.25, 0.3) is 5.91 Å². The highest BCUT2D eigenvalue weighted by molar-refractivity contribution is 6.32. The lowest BCUT2D eigenvalue weighted by molar-refractivity contribution is -0.127. The van der Waals surface area contributed by atoms with Crippen molar-refractivity contribution in [3.8, 4) is 17.6 Å². The standard InChI is InChI=1S/C23H20ClN7O4/c1-14(11-32)34-12-19(22(33)29-20-7-6-15(8-25)9-26-20)35-23-16-10-31(30-21(16)27-13-28-23)18-5-3-2-4-17(18)24/h2-7,9-10,13-14,19,32H,11-12H2,1H3,(H,26,29,33)/t14-,19+/m1/s1. The summed E-state index contributed by atoms with van der Waals surface area (Å²) in [5, 5.41) is 26.2. The second-order valence-corrected chi connectivity index (χ2v) is 7.81. The van der Waals surface area contributed by atoms with Gasteiger partial charge >= 0.3 is 0 Å². The molecule has 1 amide bonds. The monoisotopic (exact) mass is 493 g/mol. The molecular weight excluding hydrogens is 474 g/mol. The molecule has 11 nitrogen and oxygen atoms in total. The van der Waals surface area contributed by atoms with Crippen molar-refractivity contribution in [1.82, 2.24) is 24.7 Å². The molecule has 0 aliphatic carbocycles. The highest BCUT2D eigenvalue weighted by atomic mass is 35.5. The number of aromatic nitrogens is 5. The summed E-state index contributed by atoms with van der Waals surface area (Å²) in [6.07, 6.45) is 2.60. The van der Waals surface area contributed by atoms with E-state index < -0.39 is 18.1 Å². The topological polar surface area (TPSA) is 148 Å². The van der Waals surface area contributed by atoms with Crippen LogP contribution in [-0.2, 0) is 9.53 Å². The number of benzene rings is 1. The molecule has 35 heavy (non-hydrogen) atoms. The molecule has 1 aromatic carbocycles. The molecule has 3 heterocycles. The van der Waals surface area contributed by atoms with Crippen molar-refractivity contribution in [2.24, 2.45) is 0 Å². The Kier molecular flexibility index (Phi) is 7.47. The molecular formula is C23H20ClN7O4. The summed E-state index contributed by atoms with van der Waals surface area (Å²) in [5.74, 6) is -0.212.